The molecule has 3 aromatic heterocycles. The first-order chi connectivity index (χ1) is 13.8. The number of rotatable bonds is 4. The lowest BCUT2D eigenvalue weighted by atomic mass is 10.1. The molecule has 4 aromatic rings. The molecule has 9 nitrogen and oxygen atoms in total. The molecule has 150 valence electrons. The van der Waals surface area contributed by atoms with Crippen molar-refractivity contribution in [1.82, 2.24) is 45.0 Å². The Labute approximate surface area is 174 Å². The van der Waals surface area contributed by atoms with Crippen molar-refractivity contribution < 1.29 is 0 Å². The number of aryl methyl sites for hydroxylation is 1. The van der Waals surface area contributed by atoms with Gasteiger partial charge in [-0.15, -0.1) is 17.5 Å². The summed E-state index contributed by atoms with van der Waals surface area (Å²) < 4.78 is 3.99. The average molecular weight is 412 g/mol. The molecule has 1 saturated heterocycles. The van der Waals surface area contributed by atoms with E-state index < -0.39 is 0 Å². The lowest BCUT2D eigenvalue weighted by molar-refractivity contribution is 0.337. The van der Waals surface area contributed by atoms with Crippen LogP contribution in [-0.2, 0) is 0 Å². The molecule has 0 saturated carbocycles. The van der Waals surface area contributed by atoms with Crippen LogP contribution < -0.4 is 5.32 Å². The number of imidazole rings is 1. The van der Waals surface area contributed by atoms with E-state index in [-0.39, 0.29) is 12.4 Å². The zero-order chi connectivity index (χ0) is 18.9. The van der Waals surface area contributed by atoms with Crippen molar-refractivity contribution >= 4 is 12.4 Å². The molecule has 10 heteroatoms. The molecule has 4 heterocycles. The lowest BCUT2D eigenvalue weighted by Gasteiger charge is -2.22. The quantitative estimate of drug-likeness (QED) is 0.535. The number of nitrogens with zero attached hydrogens (tertiary/aromatic N) is 7. The van der Waals surface area contributed by atoms with Crippen LogP contribution in [0, 0.1) is 6.92 Å². The number of benzene rings is 1. The summed E-state index contributed by atoms with van der Waals surface area (Å²) >= 11 is 0. The van der Waals surface area contributed by atoms with Crippen molar-refractivity contribution in [2.24, 2.45) is 0 Å². The number of hydrogen-bond donors (Lipinski definition) is 2. The van der Waals surface area contributed by atoms with Crippen molar-refractivity contribution in [3.8, 4) is 28.6 Å². The standard InChI is InChI=1S/C19H21N9.ClH/c1-13-22-18(25-23-13)14-3-2-4-16(11-14)27-10-9-21-19(27)17-12-28(26-24-17)15-5-7-20-8-6-15;/h2-4,9-12,15,20H,5-8H2,1H3,(H,22,23,25);1H. The van der Waals surface area contributed by atoms with Crippen LogP contribution in [0.4, 0.5) is 0 Å². The molecule has 0 amide bonds. The van der Waals surface area contributed by atoms with Gasteiger partial charge in [-0.25, -0.2) is 14.6 Å². The van der Waals surface area contributed by atoms with E-state index in [1.165, 1.54) is 0 Å². The minimum atomic E-state index is 0. The van der Waals surface area contributed by atoms with E-state index in [1.807, 2.05) is 52.8 Å². The molecule has 0 aliphatic carbocycles. The van der Waals surface area contributed by atoms with E-state index >= 15 is 0 Å². The highest BCUT2D eigenvalue weighted by atomic mass is 35.5. The van der Waals surface area contributed by atoms with Gasteiger partial charge >= 0.3 is 0 Å². The number of H-pyrrole nitrogens is 1. The zero-order valence-electron chi connectivity index (χ0n) is 16.0. The van der Waals surface area contributed by atoms with Gasteiger partial charge in [0.15, 0.2) is 11.6 Å². The second-order valence-electron chi connectivity index (χ2n) is 6.98. The third kappa shape index (κ3) is 3.79. The number of nitrogens with one attached hydrogen (secondary N) is 2. The first-order valence-corrected chi connectivity index (χ1v) is 9.44. The Bertz CT molecular complexity index is 1090. The second-order valence-corrected chi connectivity index (χ2v) is 6.98. The minimum absolute atomic E-state index is 0. The predicted octanol–water partition coefficient (Wildman–Crippen LogP) is 2.57. The maximum absolute atomic E-state index is 4.53. The van der Waals surface area contributed by atoms with Gasteiger partial charge in [0.05, 0.1) is 12.2 Å². The molecule has 1 fully saturated rings. The number of hydrogen-bond acceptors (Lipinski definition) is 6. The topological polar surface area (TPSA) is 102 Å². The van der Waals surface area contributed by atoms with Gasteiger partial charge < -0.3 is 5.32 Å². The molecular formula is C19H22ClN9. The molecule has 0 bridgehead atoms. The molecule has 0 unspecified atom stereocenters. The van der Waals surface area contributed by atoms with E-state index in [0.717, 1.165) is 54.5 Å². The Balaban J connectivity index is 0.00000205. The van der Waals surface area contributed by atoms with Crippen LogP contribution in [0.25, 0.3) is 28.6 Å². The van der Waals surface area contributed by atoms with Crippen molar-refractivity contribution in [2.75, 3.05) is 13.1 Å². The fourth-order valence-electron chi connectivity index (χ4n) is 3.60. The number of aromatic amines is 1. The van der Waals surface area contributed by atoms with Gasteiger partial charge in [-0.2, -0.15) is 5.10 Å². The van der Waals surface area contributed by atoms with Gasteiger partial charge in [-0.3, -0.25) is 9.67 Å². The summed E-state index contributed by atoms with van der Waals surface area (Å²) in [6.07, 6.45) is 7.84. The van der Waals surface area contributed by atoms with Gasteiger partial charge in [0.1, 0.15) is 11.5 Å². The van der Waals surface area contributed by atoms with Gasteiger partial charge in [-0.1, -0.05) is 17.3 Å². The highest BCUT2D eigenvalue weighted by Crippen LogP contribution is 2.25. The van der Waals surface area contributed by atoms with E-state index in [0.29, 0.717) is 11.9 Å². The molecular weight excluding hydrogens is 390 g/mol. The Morgan fingerprint density at radius 1 is 1.17 bits per heavy atom. The molecule has 5 rings (SSSR count). The Morgan fingerprint density at radius 3 is 2.83 bits per heavy atom. The fraction of sp³-hybridized carbons (Fsp3) is 0.316. The minimum Gasteiger partial charge on any atom is -0.317 e. The normalized spacial score (nSPS) is 14.7. The van der Waals surface area contributed by atoms with Gasteiger partial charge in [0.25, 0.3) is 0 Å². The largest absolute Gasteiger partial charge is 0.317 e. The van der Waals surface area contributed by atoms with E-state index in [1.54, 1.807) is 6.20 Å². The first kappa shape index (κ1) is 19.3. The van der Waals surface area contributed by atoms with Crippen LogP contribution in [0.2, 0.25) is 0 Å². The van der Waals surface area contributed by atoms with Crippen molar-refractivity contribution in [2.45, 2.75) is 25.8 Å². The summed E-state index contributed by atoms with van der Waals surface area (Å²) in [4.78, 5) is 8.94. The summed E-state index contributed by atoms with van der Waals surface area (Å²) in [5.41, 5.74) is 2.69. The van der Waals surface area contributed by atoms with Crippen molar-refractivity contribution in [3.05, 3.63) is 48.7 Å². The number of piperidine rings is 1. The molecule has 0 spiro atoms. The average Bonchev–Trinajstić information content (AvgIpc) is 3.49. The molecule has 1 aromatic carbocycles. The Morgan fingerprint density at radius 2 is 2.03 bits per heavy atom. The molecule has 0 atom stereocenters. The van der Waals surface area contributed by atoms with Crippen LogP contribution in [-0.4, -0.2) is 52.8 Å². The predicted molar refractivity (Wildman–Crippen MR) is 111 cm³/mol. The van der Waals surface area contributed by atoms with Crippen LogP contribution in [0.3, 0.4) is 0 Å². The van der Waals surface area contributed by atoms with E-state index in [9.17, 15) is 0 Å². The highest BCUT2D eigenvalue weighted by Gasteiger charge is 2.19. The SMILES string of the molecule is Cc1nc(-c2cccc(-n3ccnc3-c3cn(C4CCNCC4)nn3)c2)n[nH]1.Cl. The fourth-order valence-corrected chi connectivity index (χ4v) is 3.60. The molecule has 2 N–H and O–H groups in total. The maximum atomic E-state index is 4.53. The van der Waals surface area contributed by atoms with Crippen LogP contribution in [0.1, 0.15) is 24.7 Å². The number of halogens is 1. The first-order valence-electron chi connectivity index (χ1n) is 9.44. The Hall–Kier alpha value is -3.04. The monoisotopic (exact) mass is 411 g/mol. The van der Waals surface area contributed by atoms with E-state index in [2.05, 4.69) is 35.8 Å². The molecule has 1 aliphatic rings. The van der Waals surface area contributed by atoms with Crippen LogP contribution in [0.15, 0.2) is 42.9 Å². The molecule has 0 radical (unpaired) electrons. The summed E-state index contributed by atoms with van der Waals surface area (Å²) in [6, 6.07) is 8.46. The Kier molecular flexibility index (Phi) is 5.41. The van der Waals surface area contributed by atoms with Crippen LogP contribution >= 0.6 is 12.4 Å². The summed E-state index contributed by atoms with van der Waals surface area (Å²) in [5.74, 6) is 2.24. The summed E-state index contributed by atoms with van der Waals surface area (Å²) in [6.45, 7) is 3.92. The smallest absolute Gasteiger partial charge is 0.181 e. The third-order valence-corrected chi connectivity index (χ3v) is 5.04. The molecule has 29 heavy (non-hydrogen) atoms. The lowest BCUT2D eigenvalue weighted by Crippen LogP contribution is -2.29. The number of aromatic nitrogens is 8. The highest BCUT2D eigenvalue weighted by molar-refractivity contribution is 5.85. The summed E-state index contributed by atoms with van der Waals surface area (Å²) in [5, 5.41) is 19.3. The summed E-state index contributed by atoms with van der Waals surface area (Å²) in [7, 11) is 0. The maximum Gasteiger partial charge on any atom is 0.181 e. The van der Waals surface area contributed by atoms with E-state index in [4.69, 9.17) is 0 Å². The third-order valence-electron chi connectivity index (χ3n) is 5.04. The zero-order valence-corrected chi connectivity index (χ0v) is 16.8. The van der Waals surface area contributed by atoms with Crippen molar-refractivity contribution in [3.63, 3.8) is 0 Å². The van der Waals surface area contributed by atoms with Crippen LogP contribution in [0.5, 0.6) is 0 Å². The van der Waals surface area contributed by atoms with Gasteiger partial charge in [0.2, 0.25) is 0 Å². The van der Waals surface area contributed by atoms with Gasteiger partial charge in [-0.05, 0) is 45.0 Å². The van der Waals surface area contributed by atoms with Crippen molar-refractivity contribution in [1.29, 1.82) is 0 Å². The molecule has 1 aliphatic heterocycles. The van der Waals surface area contributed by atoms with Gasteiger partial charge in [0, 0.05) is 23.6 Å². The second kappa shape index (κ2) is 8.14.